The summed E-state index contributed by atoms with van der Waals surface area (Å²) in [4.78, 5) is 2.21. The molecule has 0 amide bonds. The molecule has 1 aromatic rings. The van der Waals surface area contributed by atoms with Crippen LogP contribution in [0.1, 0.15) is 32.4 Å². The highest BCUT2D eigenvalue weighted by Crippen LogP contribution is 2.26. The molecule has 0 saturated heterocycles. The lowest BCUT2D eigenvalue weighted by Gasteiger charge is -2.30. The molecule has 0 saturated carbocycles. The first-order valence-corrected chi connectivity index (χ1v) is 7.30. The van der Waals surface area contributed by atoms with E-state index in [1.54, 1.807) is 0 Å². The summed E-state index contributed by atoms with van der Waals surface area (Å²) >= 11 is 12.0. The third kappa shape index (κ3) is 5.70. The molecule has 0 aliphatic rings. The fourth-order valence-electron chi connectivity index (χ4n) is 2.24. The third-order valence-corrected chi connectivity index (χ3v) is 3.81. The minimum atomic E-state index is 0.230. The average Bonchev–Trinajstić information content (AvgIpc) is 2.28. The summed E-state index contributed by atoms with van der Waals surface area (Å²) in [6, 6.07) is 6.06. The molecule has 1 rings (SSSR count). The molecule has 1 atom stereocenters. The Balaban J connectivity index is 2.59. The van der Waals surface area contributed by atoms with Crippen LogP contribution in [0, 0.1) is 5.41 Å². The maximum Gasteiger partial charge on any atom is 0.0595 e. The van der Waals surface area contributed by atoms with Crippen LogP contribution in [0.25, 0.3) is 0 Å². The van der Waals surface area contributed by atoms with Crippen molar-refractivity contribution >= 4 is 23.2 Å². The number of halogens is 2. The van der Waals surface area contributed by atoms with Gasteiger partial charge < -0.3 is 10.2 Å². The van der Waals surface area contributed by atoms with E-state index in [1.807, 2.05) is 18.2 Å². The molecule has 0 bridgehead atoms. The number of rotatable bonds is 6. The molecule has 0 aliphatic heterocycles. The van der Waals surface area contributed by atoms with Gasteiger partial charge in [0.25, 0.3) is 0 Å². The van der Waals surface area contributed by atoms with Crippen molar-refractivity contribution in [2.75, 3.05) is 27.2 Å². The zero-order chi connectivity index (χ0) is 14.6. The van der Waals surface area contributed by atoms with Crippen molar-refractivity contribution in [1.82, 2.24) is 10.2 Å². The minimum absolute atomic E-state index is 0.230. The van der Waals surface area contributed by atoms with Gasteiger partial charge in [-0.2, -0.15) is 0 Å². The van der Waals surface area contributed by atoms with Crippen LogP contribution in [-0.2, 0) is 0 Å². The van der Waals surface area contributed by atoms with Gasteiger partial charge in [0, 0.05) is 19.1 Å². The van der Waals surface area contributed by atoms with E-state index in [2.05, 4.69) is 45.1 Å². The smallest absolute Gasteiger partial charge is 0.0595 e. The van der Waals surface area contributed by atoms with Crippen molar-refractivity contribution in [3.8, 4) is 0 Å². The van der Waals surface area contributed by atoms with E-state index in [1.165, 1.54) is 0 Å². The fraction of sp³-hybridized carbons (Fsp3) is 0.600. The molecule has 1 N–H and O–H groups in total. The maximum absolute atomic E-state index is 6.05. The Labute approximate surface area is 127 Å². The number of nitrogens with zero attached hydrogens (tertiary/aromatic N) is 1. The van der Waals surface area contributed by atoms with Gasteiger partial charge in [-0.25, -0.2) is 0 Å². The SMILES string of the molecule is CC(NCC(C)(C)CN(C)C)c1ccc(Cl)c(Cl)c1. The maximum atomic E-state index is 6.05. The summed E-state index contributed by atoms with van der Waals surface area (Å²) in [6.07, 6.45) is 0. The van der Waals surface area contributed by atoms with E-state index in [4.69, 9.17) is 23.2 Å². The highest BCUT2D eigenvalue weighted by atomic mass is 35.5. The number of benzene rings is 1. The van der Waals surface area contributed by atoms with E-state index < -0.39 is 0 Å². The van der Waals surface area contributed by atoms with Crippen LogP contribution in [0.2, 0.25) is 10.0 Å². The lowest BCUT2D eigenvalue weighted by molar-refractivity contribution is 0.227. The molecule has 4 heteroatoms. The van der Waals surface area contributed by atoms with Gasteiger partial charge in [-0.3, -0.25) is 0 Å². The normalized spacial score (nSPS) is 13.9. The van der Waals surface area contributed by atoms with Crippen molar-refractivity contribution in [2.24, 2.45) is 5.41 Å². The Bertz CT molecular complexity index is 417. The first-order valence-electron chi connectivity index (χ1n) is 6.54. The predicted octanol–water partition coefficient (Wildman–Crippen LogP) is 4.23. The third-order valence-electron chi connectivity index (χ3n) is 3.07. The van der Waals surface area contributed by atoms with Crippen LogP contribution in [0.5, 0.6) is 0 Å². The van der Waals surface area contributed by atoms with E-state index in [9.17, 15) is 0 Å². The lowest BCUT2D eigenvalue weighted by Crippen LogP contribution is -2.38. The van der Waals surface area contributed by atoms with Gasteiger partial charge in [0.1, 0.15) is 0 Å². The largest absolute Gasteiger partial charge is 0.310 e. The quantitative estimate of drug-likeness (QED) is 0.846. The van der Waals surface area contributed by atoms with Gasteiger partial charge in [-0.1, -0.05) is 43.1 Å². The monoisotopic (exact) mass is 302 g/mol. The van der Waals surface area contributed by atoms with Gasteiger partial charge in [-0.05, 0) is 44.1 Å². The second-order valence-electron chi connectivity index (χ2n) is 6.18. The summed E-state index contributed by atoms with van der Waals surface area (Å²) in [5.74, 6) is 0. The Hall–Kier alpha value is -0.280. The summed E-state index contributed by atoms with van der Waals surface area (Å²) in [5, 5.41) is 4.78. The first kappa shape index (κ1) is 16.8. The fourth-order valence-corrected chi connectivity index (χ4v) is 2.55. The second-order valence-corrected chi connectivity index (χ2v) is 6.99. The van der Waals surface area contributed by atoms with Crippen LogP contribution in [0.15, 0.2) is 18.2 Å². The van der Waals surface area contributed by atoms with Gasteiger partial charge in [0.15, 0.2) is 0 Å². The molecule has 0 aromatic heterocycles. The van der Waals surface area contributed by atoms with Crippen molar-refractivity contribution in [1.29, 1.82) is 0 Å². The van der Waals surface area contributed by atoms with Crippen LogP contribution in [0.3, 0.4) is 0 Å². The summed E-state index contributed by atoms with van der Waals surface area (Å²) in [5.41, 5.74) is 1.39. The van der Waals surface area contributed by atoms with Gasteiger partial charge in [0.05, 0.1) is 10.0 Å². The molecule has 2 nitrogen and oxygen atoms in total. The van der Waals surface area contributed by atoms with Crippen LogP contribution in [-0.4, -0.2) is 32.1 Å². The van der Waals surface area contributed by atoms with Crippen LogP contribution in [0.4, 0.5) is 0 Å². The molecule has 0 fully saturated rings. The van der Waals surface area contributed by atoms with Crippen LogP contribution >= 0.6 is 23.2 Å². The zero-order valence-electron chi connectivity index (χ0n) is 12.4. The molecule has 19 heavy (non-hydrogen) atoms. The van der Waals surface area contributed by atoms with Crippen molar-refractivity contribution in [3.05, 3.63) is 33.8 Å². The van der Waals surface area contributed by atoms with E-state index >= 15 is 0 Å². The molecular weight excluding hydrogens is 279 g/mol. The average molecular weight is 303 g/mol. The van der Waals surface area contributed by atoms with Gasteiger partial charge >= 0.3 is 0 Å². The van der Waals surface area contributed by atoms with E-state index in [0.717, 1.165) is 18.7 Å². The predicted molar refractivity (Wildman–Crippen MR) is 85.2 cm³/mol. The van der Waals surface area contributed by atoms with Gasteiger partial charge in [-0.15, -0.1) is 0 Å². The van der Waals surface area contributed by atoms with Gasteiger partial charge in [0.2, 0.25) is 0 Å². The topological polar surface area (TPSA) is 15.3 Å². The summed E-state index contributed by atoms with van der Waals surface area (Å²) in [7, 11) is 4.20. The van der Waals surface area contributed by atoms with Crippen LogP contribution < -0.4 is 5.32 Å². The standard InChI is InChI=1S/C15H24Cl2N2/c1-11(12-6-7-13(16)14(17)8-12)18-9-15(2,3)10-19(4)5/h6-8,11,18H,9-10H2,1-5H3. The Kier molecular flexibility index (Phi) is 6.13. The molecule has 1 unspecified atom stereocenters. The van der Waals surface area contributed by atoms with E-state index in [-0.39, 0.29) is 11.5 Å². The minimum Gasteiger partial charge on any atom is -0.310 e. The Morgan fingerprint density at radius 1 is 1.21 bits per heavy atom. The second kappa shape index (κ2) is 6.94. The highest BCUT2D eigenvalue weighted by Gasteiger charge is 2.20. The molecule has 1 aromatic carbocycles. The first-order chi connectivity index (χ1) is 8.71. The molecule has 108 valence electrons. The van der Waals surface area contributed by atoms with E-state index in [0.29, 0.717) is 10.0 Å². The van der Waals surface area contributed by atoms with Crippen molar-refractivity contribution < 1.29 is 0 Å². The Morgan fingerprint density at radius 3 is 2.37 bits per heavy atom. The number of nitrogens with one attached hydrogen (secondary N) is 1. The molecule has 0 aliphatic carbocycles. The van der Waals surface area contributed by atoms with Crippen molar-refractivity contribution in [3.63, 3.8) is 0 Å². The molecule has 0 heterocycles. The molecular formula is C15H24Cl2N2. The zero-order valence-corrected chi connectivity index (χ0v) is 13.9. The molecule has 0 spiro atoms. The molecule has 0 radical (unpaired) electrons. The lowest BCUT2D eigenvalue weighted by atomic mass is 9.92. The number of hydrogen-bond donors (Lipinski definition) is 1. The highest BCUT2D eigenvalue weighted by molar-refractivity contribution is 6.42. The Morgan fingerprint density at radius 2 is 1.84 bits per heavy atom. The van der Waals surface area contributed by atoms with Crippen molar-refractivity contribution in [2.45, 2.75) is 26.8 Å². The summed E-state index contributed by atoms with van der Waals surface area (Å²) < 4.78 is 0. The summed E-state index contributed by atoms with van der Waals surface area (Å²) in [6.45, 7) is 8.68. The number of hydrogen-bond acceptors (Lipinski definition) is 2.